The highest BCUT2D eigenvalue weighted by atomic mass is 16.4. The summed E-state index contributed by atoms with van der Waals surface area (Å²) >= 11 is 0. The molecule has 0 aliphatic rings. The first-order valence-corrected chi connectivity index (χ1v) is 4.43. The molecule has 0 spiro atoms. The van der Waals surface area contributed by atoms with Crippen LogP contribution in [0.1, 0.15) is 15.9 Å². The largest absolute Gasteiger partial charge is 0.478 e. The molecule has 4 heteroatoms. The molecule has 0 saturated carbocycles. The lowest BCUT2D eigenvalue weighted by atomic mass is 10.2. The van der Waals surface area contributed by atoms with Gasteiger partial charge in [0.05, 0.1) is 17.4 Å². The summed E-state index contributed by atoms with van der Waals surface area (Å²) in [5.41, 5.74) is 2.00. The fourth-order valence-corrected chi connectivity index (χ4v) is 1.20. The molecule has 1 radical (unpaired) electrons. The number of aryl methyl sites for hydroxylation is 1. The van der Waals surface area contributed by atoms with Crippen molar-refractivity contribution in [1.29, 1.82) is 0 Å². The number of carboxylic acid groups (broad SMARTS) is 1. The van der Waals surface area contributed by atoms with Crippen LogP contribution in [0.2, 0.25) is 0 Å². The molecule has 2 aromatic rings. The molecular weight excluding hydrogens is 192 g/mol. The molecule has 75 valence electrons. The number of hydrogen-bond acceptors (Lipinski definition) is 2. The van der Waals surface area contributed by atoms with E-state index in [0.717, 1.165) is 11.3 Å². The quantitative estimate of drug-likeness (QED) is 0.804. The predicted molar refractivity (Wildman–Crippen MR) is 54.1 cm³/mol. The monoisotopic (exact) mass is 201 g/mol. The molecule has 0 aliphatic carbocycles. The zero-order chi connectivity index (χ0) is 10.8. The van der Waals surface area contributed by atoms with Crippen molar-refractivity contribution in [3.63, 3.8) is 0 Å². The van der Waals surface area contributed by atoms with Gasteiger partial charge in [-0.25, -0.2) is 9.48 Å². The molecule has 1 N–H and O–H groups in total. The molecule has 0 atom stereocenters. The van der Waals surface area contributed by atoms with Crippen LogP contribution in [0, 0.1) is 13.0 Å². The van der Waals surface area contributed by atoms with Crippen molar-refractivity contribution in [3.8, 4) is 5.69 Å². The fourth-order valence-electron chi connectivity index (χ4n) is 1.20. The van der Waals surface area contributed by atoms with E-state index in [4.69, 9.17) is 5.11 Å². The van der Waals surface area contributed by atoms with Gasteiger partial charge in [-0.1, -0.05) is 11.6 Å². The summed E-state index contributed by atoms with van der Waals surface area (Å²) in [6.45, 7) is 1.96. The van der Waals surface area contributed by atoms with Gasteiger partial charge in [0.2, 0.25) is 0 Å². The van der Waals surface area contributed by atoms with Crippen molar-refractivity contribution in [2.45, 2.75) is 6.92 Å². The number of benzene rings is 1. The van der Waals surface area contributed by atoms with E-state index in [1.807, 2.05) is 25.1 Å². The van der Waals surface area contributed by atoms with Gasteiger partial charge in [-0.05, 0) is 19.1 Å². The first-order valence-electron chi connectivity index (χ1n) is 4.43. The number of nitrogens with zero attached hydrogens (tertiary/aromatic N) is 2. The maximum atomic E-state index is 10.6. The van der Waals surface area contributed by atoms with E-state index in [1.165, 1.54) is 17.1 Å². The van der Waals surface area contributed by atoms with Gasteiger partial charge in [-0.15, -0.1) is 0 Å². The molecule has 0 amide bonds. The topological polar surface area (TPSA) is 55.1 Å². The third kappa shape index (κ3) is 1.88. The van der Waals surface area contributed by atoms with E-state index < -0.39 is 5.97 Å². The highest BCUT2D eigenvalue weighted by molar-refractivity contribution is 5.86. The Morgan fingerprint density at radius 2 is 2.33 bits per heavy atom. The van der Waals surface area contributed by atoms with Crippen LogP contribution in [0.25, 0.3) is 5.69 Å². The second-order valence-corrected chi connectivity index (χ2v) is 3.23. The van der Waals surface area contributed by atoms with E-state index in [9.17, 15) is 4.79 Å². The molecule has 4 nitrogen and oxygen atoms in total. The molecule has 1 aromatic carbocycles. The molecule has 1 heterocycles. The predicted octanol–water partition coefficient (Wildman–Crippen LogP) is 1.68. The van der Waals surface area contributed by atoms with Crippen LogP contribution in [0.15, 0.2) is 30.6 Å². The maximum absolute atomic E-state index is 10.6. The molecule has 0 unspecified atom stereocenters. The molecule has 0 aliphatic heterocycles. The minimum atomic E-state index is -0.978. The van der Waals surface area contributed by atoms with Gasteiger partial charge >= 0.3 is 5.97 Å². The highest BCUT2D eigenvalue weighted by Crippen LogP contribution is 2.08. The Balaban J connectivity index is 2.37. The lowest BCUT2D eigenvalue weighted by Gasteiger charge is -1.99. The van der Waals surface area contributed by atoms with E-state index in [2.05, 4.69) is 11.2 Å². The smallest absolute Gasteiger partial charge is 0.338 e. The van der Waals surface area contributed by atoms with E-state index in [1.54, 1.807) is 0 Å². The first-order chi connectivity index (χ1) is 7.16. The van der Waals surface area contributed by atoms with Crippen LogP contribution >= 0.6 is 0 Å². The van der Waals surface area contributed by atoms with Gasteiger partial charge < -0.3 is 5.11 Å². The van der Waals surface area contributed by atoms with Gasteiger partial charge in [-0.3, -0.25) is 0 Å². The summed E-state index contributed by atoms with van der Waals surface area (Å²) in [6, 6.07) is 8.61. The fraction of sp³-hybridized carbons (Fsp3) is 0.0909. The standard InChI is InChI=1S/C11H9N2O2/c1-8-2-4-10(5-3-8)13-7-9(6-12-13)11(14)15/h2-4,6-7H,1H3,(H,14,15). The lowest BCUT2D eigenvalue weighted by Crippen LogP contribution is -1.95. The average molecular weight is 201 g/mol. The zero-order valence-corrected chi connectivity index (χ0v) is 8.14. The van der Waals surface area contributed by atoms with Crippen molar-refractivity contribution < 1.29 is 9.90 Å². The Kier molecular flexibility index (Phi) is 2.25. The summed E-state index contributed by atoms with van der Waals surface area (Å²) < 4.78 is 1.49. The normalized spacial score (nSPS) is 10.2. The van der Waals surface area contributed by atoms with Crippen molar-refractivity contribution in [2.24, 2.45) is 0 Å². The Bertz CT molecular complexity index is 486. The van der Waals surface area contributed by atoms with E-state index in [-0.39, 0.29) is 5.56 Å². The summed E-state index contributed by atoms with van der Waals surface area (Å²) in [5.74, 6) is -0.978. The molecule has 2 rings (SSSR count). The second kappa shape index (κ2) is 3.57. The molecule has 1 aromatic heterocycles. The van der Waals surface area contributed by atoms with Crippen molar-refractivity contribution in [1.82, 2.24) is 9.78 Å². The number of carboxylic acids is 1. The molecule has 15 heavy (non-hydrogen) atoms. The van der Waals surface area contributed by atoms with Crippen LogP contribution in [0.4, 0.5) is 0 Å². The van der Waals surface area contributed by atoms with Gasteiger partial charge in [0.1, 0.15) is 0 Å². The maximum Gasteiger partial charge on any atom is 0.338 e. The molecular formula is C11H9N2O2. The van der Waals surface area contributed by atoms with Crippen molar-refractivity contribution in [2.75, 3.05) is 0 Å². The van der Waals surface area contributed by atoms with Crippen LogP contribution in [-0.4, -0.2) is 20.9 Å². The number of rotatable bonds is 2. The van der Waals surface area contributed by atoms with Gasteiger partial charge in [0.15, 0.2) is 0 Å². The molecule has 0 fully saturated rings. The second-order valence-electron chi connectivity index (χ2n) is 3.23. The summed E-state index contributed by atoms with van der Waals surface area (Å²) in [6.07, 6.45) is 2.78. The number of aromatic carboxylic acids is 1. The van der Waals surface area contributed by atoms with Gasteiger partial charge in [0, 0.05) is 12.3 Å². The average Bonchev–Trinajstić information content (AvgIpc) is 2.68. The Morgan fingerprint density at radius 3 is 2.87 bits per heavy atom. The van der Waals surface area contributed by atoms with E-state index >= 15 is 0 Å². The summed E-state index contributed by atoms with van der Waals surface area (Å²) in [7, 11) is 0. The van der Waals surface area contributed by atoms with Crippen LogP contribution in [0.5, 0.6) is 0 Å². The summed E-state index contributed by atoms with van der Waals surface area (Å²) in [5, 5.41) is 12.7. The number of aromatic nitrogens is 2. The highest BCUT2D eigenvalue weighted by Gasteiger charge is 2.06. The zero-order valence-electron chi connectivity index (χ0n) is 8.14. The number of hydrogen-bond donors (Lipinski definition) is 1. The first kappa shape index (κ1) is 9.45. The number of carbonyl (C=O) groups is 1. The Labute approximate surface area is 86.8 Å². The summed E-state index contributed by atoms with van der Waals surface area (Å²) in [4.78, 5) is 10.6. The Morgan fingerprint density at radius 1 is 1.53 bits per heavy atom. The van der Waals surface area contributed by atoms with Crippen LogP contribution < -0.4 is 0 Å². The third-order valence-electron chi connectivity index (χ3n) is 2.03. The van der Waals surface area contributed by atoms with E-state index in [0.29, 0.717) is 0 Å². The van der Waals surface area contributed by atoms with Crippen LogP contribution in [0.3, 0.4) is 0 Å². The molecule has 0 bridgehead atoms. The minimum Gasteiger partial charge on any atom is -0.478 e. The lowest BCUT2D eigenvalue weighted by molar-refractivity contribution is 0.0697. The SMILES string of the molecule is Cc1c[c]c(-n2cc(C(=O)O)cn2)cc1. The third-order valence-corrected chi connectivity index (χ3v) is 2.03. The molecule has 0 saturated heterocycles. The van der Waals surface area contributed by atoms with Crippen LogP contribution in [-0.2, 0) is 0 Å². The minimum absolute atomic E-state index is 0.170. The Hall–Kier alpha value is -2.10. The van der Waals surface area contributed by atoms with Crippen molar-refractivity contribution >= 4 is 5.97 Å². The van der Waals surface area contributed by atoms with Crippen molar-refractivity contribution in [3.05, 3.63) is 47.8 Å². The van der Waals surface area contributed by atoms with Gasteiger partial charge in [0.25, 0.3) is 0 Å². The van der Waals surface area contributed by atoms with Gasteiger partial charge in [-0.2, -0.15) is 5.10 Å².